The monoisotopic (exact) mass is 464 g/mol. The molecular weight excluding hydrogens is 443 g/mol. The summed E-state index contributed by atoms with van der Waals surface area (Å²) in [5.74, 6) is -3.64. The lowest BCUT2D eigenvalue weighted by Crippen LogP contribution is -2.43. The Morgan fingerprint density at radius 3 is 2.38 bits per heavy atom. The minimum atomic E-state index is -1.19. The fraction of sp³-hybridized carbons (Fsp3) is 0.240. The highest BCUT2D eigenvalue weighted by Crippen LogP contribution is 2.25. The number of halogens is 1. The van der Waals surface area contributed by atoms with Gasteiger partial charge in [0, 0.05) is 18.7 Å². The predicted molar refractivity (Wildman–Crippen MR) is 118 cm³/mol. The van der Waals surface area contributed by atoms with E-state index in [0.29, 0.717) is 12.8 Å². The van der Waals surface area contributed by atoms with Crippen molar-refractivity contribution in [3.63, 3.8) is 0 Å². The minimum absolute atomic E-state index is 0.00816. The molecule has 2 aromatic rings. The van der Waals surface area contributed by atoms with Gasteiger partial charge in [0.25, 0.3) is 23.6 Å². The second kappa shape index (κ2) is 9.38. The van der Waals surface area contributed by atoms with Gasteiger partial charge >= 0.3 is 5.97 Å². The molecule has 0 radical (unpaired) electrons. The summed E-state index contributed by atoms with van der Waals surface area (Å²) < 4.78 is 18.6. The third-order valence-electron chi connectivity index (χ3n) is 5.74. The smallest absolute Gasteiger partial charge is 0.338 e. The van der Waals surface area contributed by atoms with E-state index in [1.54, 1.807) is 0 Å². The van der Waals surface area contributed by atoms with E-state index in [-0.39, 0.29) is 41.8 Å². The molecule has 174 valence electrons. The topological polar surface area (TPSA) is 101 Å². The molecule has 0 aliphatic carbocycles. The zero-order valence-electron chi connectivity index (χ0n) is 18.2. The molecule has 8 nitrogen and oxygen atoms in total. The van der Waals surface area contributed by atoms with Crippen molar-refractivity contribution >= 4 is 29.6 Å². The molecule has 2 heterocycles. The highest BCUT2D eigenvalue weighted by molar-refractivity contribution is 6.22. The highest BCUT2D eigenvalue weighted by Gasteiger charge is 2.37. The maximum atomic E-state index is 13.2. The Morgan fingerprint density at radius 2 is 1.68 bits per heavy atom. The molecule has 1 atom stereocenters. The molecule has 1 saturated heterocycles. The maximum Gasteiger partial charge on any atom is 0.338 e. The molecule has 0 bridgehead atoms. The number of ether oxygens (including phenoxy) is 1. The van der Waals surface area contributed by atoms with Crippen molar-refractivity contribution < 1.29 is 33.1 Å². The summed E-state index contributed by atoms with van der Waals surface area (Å²) in [7, 11) is 0. The van der Waals surface area contributed by atoms with Crippen LogP contribution >= 0.6 is 0 Å². The summed E-state index contributed by atoms with van der Waals surface area (Å²) in [5.41, 5.74) is 0.396. The van der Waals surface area contributed by atoms with Crippen molar-refractivity contribution in [1.82, 2.24) is 9.80 Å². The first-order valence-corrected chi connectivity index (χ1v) is 10.7. The van der Waals surface area contributed by atoms with E-state index in [1.807, 2.05) is 0 Å². The van der Waals surface area contributed by atoms with Crippen molar-refractivity contribution in [3.8, 4) is 0 Å². The van der Waals surface area contributed by atoms with Gasteiger partial charge in [-0.05, 0) is 61.7 Å². The molecule has 34 heavy (non-hydrogen) atoms. The quantitative estimate of drug-likeness (QED) is 0.383. The van der Waals surface area contributed by atoms with E-state index in [0.717, 1.165) is 21.9 Å². The summed E-state index contributed by atoms with van der Waals surface area (Å²) >= 11 is 0. The minimum Gasteiger partial charge on any atom is -0.449 e. The first kappa shape index (κ1) is 23.0. The molecule has 0 unspecified atom stereocenters. The van der Waals surface area contributed by atoms with Gasteiger partial charge in [-0.3, -0.25) is 29.0 Å². The normalized spacial score (nSPS) is 17.9. The molecule has 0 N–H and O–H groups in total. The van der Waals surface area contributed by atoms with Crippen LogP contribution in [0.1, 0.15) is 60.7 Å². The Bertz CT molecular complexity index is 1210. The molecule has 1 fully saturated rings. The largest absolute Gasteiger partial charge is 0.449 e. The lowest BCUT2D eigenvalue weighted by molar-refractivity contribution is -0.137. The number of nitrogens with zero attached hydrogens (tertiary/aromatic N) is 2. The number of carbonyl (C=O) groups is 5. The number of imide groups is 2. The van der Waals surface area contributed by atoms with Gasteiger partial charge in [-0.2, -0.15) is 0 Å². The number of rotatable bonds is 5. The van der Waals surface area contributed by atoms with Crippen molar-refractivity contribution in [2.45, 2.75) is 25.4 Å². The average Bonchev–Trinajstić information content (AvgIpc) is 2.95. The van der Waals surface area contributed by atoms with E-state index >= 15 is 0 Å². The van der Waals surface area contributed by atoms with E-state index in [4.69, 9.17) is 4.74 Å². The third kappa shape index (κ3) is 4.24. The summed E-state index contributed by atoms with van der Waals surface area (Å²) in [4.78, 5) is 65.5. The number of benzene rings is 2. The number of carbonyl (C=O) groups excluding carboxylic acids is 5. The molecule has 4 rings (SSSR count). The van der Waals surface area contributed by atoms with Crippen LogP contribution in [-0.2, 0) is 9.53 Å². The highest BCUT2D eigenvalue weighted by atomic mass is 19.1. The Labute approximate surface area is 194 Å². The number of hydrogen-bond donors (Lipinski definition) is 0. The van der Waals surface area contributed by atoms with Gasteiger partial charge in [0.15, 0.2) is 6.10 Å². The van der Waals surface area contributed by atoms with Crippen molar-refractivity contribution in [2.24, 2.45) is 0 Å². The second-order valence-corrected chi connectivity index (χ2v) is 7.96. The molecule has 2 aliphatic rings. The summed E-state index contributed by atoms with van der Waals surface area (Å²) in [6.07, 6.45) is 1.54. The Hall–Kier alpha value is -4.14. The molecule has 2 aliphatic heterocycles. The van der Waals surface area contributed by atoms with Gasteiger partial charge in [-0.25, -0.2) is 9.18 Å². The van der Waals surface area contributed by atoms with Crippen LogP contribution in [0.4, 0.5) is 4.39 Å². The number of likely N-dealkylation sites (tertiary alicyclic amines) is 1. The first-order valence-electron chi connectivity index (χ1n) is 10.7. The third-order valence-corrected chi connectivity index (χ3v) is 5.74. The summed E-state index contributed by atoms with van der Waals surface area (Å²) in [6.45, 7) is 3.72. The Balaban J connectivity index is 1.51. The summed E-state index contributed by atoms with van der Waals surface area (Å²) in [6, 6.07) is 8.82. The zero-order chi connectivity index (χ0) is 24.4. The van der Waals surface area contributed by atoms with Crippen LogP contribution in [0.3, 0.4) is 0 Å². The lowest BCUT2D eigenvalue weighted by Gasteiger charge is -2.22. The van der Waals surface area contributed by atoms with Gasteiger partial charge in [-0.1, -0.05) is 6.08 Å². The SMILES string of the molecule is C=CCN1C(=O)c2ccc(C(=O)O[C@H]3CCCCN(C(=O)c4ccc(F)cc4)C3=O)cc2C1=O. The molecule has 4 amide bonds. The first-order chi connectivity index (χ1) is 16.3. The van der Waals surface area contributed by atoms with Crippen LogP contribution in [0.25, 0.3) is 0 Å². The molecule has 0 saturated carbocycles. The van der Waals surface area contributed by atoms with Gasteiger partial charge in [0.2, 0.25) is 0 Å². The number of hydrogen-bond acceptors (Lipinski definition) is 6. The van der Waals surface area contributed by atoms with Gasteiger partial charge < -0.3 is 4.74 Å². The summed E-state index contributed by atoms with van der Waals surface area (Å²) in [5, 5.41) is 0. The van der Waals surface area contributed by atoms with Crippen LogP contribution in [0, 0.1) is 5.82 Å². The van der Waals surface area contributed by atoms with E-state index < -0.39 is 41.5 Å². The molecular formula is C25H21FN2O6. The van der Waals surface area contributed by atoms with Crippen molar-refractivity contribution in [1.29, 1.82) is 0 Å². The van der Waals surface area contributed by atoms with Crippen LogP contribution in [-0.4, -0.2) is 58.6 Å². The predicted octanol–water partition coefficient (Wildman–Crippen LogP) is 2.99. The van der Waals surface area contributed by atoms with Gasteiger partial charge in [0.1, 0.15) is 5.82 Å². The van der Waals surface area contributed by atoms with Gasteiger partial charge in [0.05, 0.1) is 16.7 Å². The maximum absolute atomic E-state index is 13.2. The van der Waals surface area contributed by atoms with Crippen LogP contribution in [0.5, 0.6) is 0 Å². The Morgan fingerprint density at radius 1 is 1.00 bits per heavy atom. The molecule has 2 aromatic carbocycles. The van der Waals surface area contributed by atoms with Crippen LogP contribution in [0.15, 0.2) is 55.1 Å². The number of amides is 4. The van der Waals surface area contributed by atoms with Crippen molar-refractivity contribution in [2.75, 3.05) is 13.1 Å². The Kier molecular flexibility index (Phi) is 6.36. The fourth-order valence-corrected chi connectivity index (χ4v) is 3.98. The van der Waals surface area contributed by atoms with E-state index in [1.165, 1.54) is 36.4 Å². The molecule has 0 spiro atoms. The lowest BCUT2D eigenvalue weighted by atomic mass is 10.1. The van der Waals surface area contributed by atoms with E-state index in [2.05, 4.69) is 6.58 Å². The molecule has 9 heteroatoms. The molecule has 0 aromatic heterocycles. The van der Waals surface area contributed by atoms with Crippen LogP contribution in [0.2, 0.25) is 0 Å². The van der Waals surface area contributed by atoms with Gasteiger partial charge in [-0.15, -0.1) is 6.58 Å². The van der Waals surface area contributed by atoms with E-state index in [9.17, 15) is 28.4 Å². The standard InChI is InChI=1S/C25H21FN2O6/c1-2-12-27-22(30)18-11-8-16(14-19(18)23(27)31)25(33)34-20-5-3-4-13-28(24(20)32)21(29)15-6-9-17(26)10-7-15/h2,6-11,14,20H,1,3-5,12-13H2/t20-/m0/s1. The number of esters is 1. The fourth-order valence-electron chi connectivity index (χ4n) is 3.98. The number of fused-ring (bicyclic) bond motifs is 1. The van der Waals surface area contributed by atoms with Crippen LogP contribution < -0.4 is 0 Å². The zero-order valence-corrected chi connectivity index (χ0v) is 18.2. The second-order valence-electron chi connectivity index (χ2n) is 7.96. The van der Waals surface area contributed by atoms with Crippen molar-refractivity contribution in [3.05, 3.63) is 83.2 Å². The average molecular weight is 464 g/mol.